The van der Waals surface area contributed by atoms with Gasteiger partial charge in [0.05, 0.1) is 24.9 Å². The molecule has 12 heteroatoms. The molecule has 0 aliphatic heterocycles. The fourth-order valence-electron chi connectivity index (χ4n) is 4.41. The van der Waals surface area contributed by atoms with Gasteiger partial charge in [-0.15, -0.1) is 0 Å². The Balaban J connectivity index is 1.70. The Bertz CT molecular complexity index is 1690. The zero-order valence-electron chi connectivity index (χ0n) is 22.8. The number of nitrogens with one attached hydrogen (secondary N) is 3. The molecule has 11 nitrogen and oxygen atoms in total. The van der Waals surface area contributed by atoms with Crippen molar-refractivity contribution in [3.63, 3.8) is 0 Å². The number of fused-ring (bicyclic) bond motifs is 1. The third kappa shape index (κ3) is 6.49. The highest BCUT2D eigenvalue weighted by Gasteiger charge is 2.24. The Kier molecular flexibility index (Phi) is 8.93. The Morgan fingerprint density at radius 1 is 1.00 bits per heavy atom. The highest BCUT2D eigenvalue weighted by Crippen LogP contribution is 2.32. The van der Waals surface area contributed by atoms with Crippen LogP contribution in [0.5, 0.6) is 11.5 Å². The molecule has 1 aromatic heterocycles. The molecule has 0 aliphatic carbocycles. The van der Waals surface area contributed by atoms with Crippen LogP contribution in [0, 0.1) is 0 Å². The molecule has 0 radical (unpaired) electrons. The second-order valence-corrected chi connectivity index (χ2v) is 11.3. The van der Waals surface area contributed by atoms with E-state index in [1.165, 1.54) is 32.4 Å². The van der Waals surface area contributed by atoms with E-state index in [1.807, 2.05) is 18.2 Å². The maximum atomic E-state index is 13.7. The summed E-state index contributed by atoms with van der Waals surface area (Å²) in [5.41, 5.74) is 7.96. The second-order valence-electron chi connectivity index (χ2n) is 9.03. The highest BCUT2D eigenvalue weighted by atomic mass is 32.2. The summed E-state index contributed by atoms with van der Waals surface area (Å²) in [6.07, 6.45) is 2.10. The molecule has 0 spiro atoms. The first kappa shape index (κ1) is 29.2. The molecule has 1 atom stereocenters. The lowest BCUT2D eigenvalue weighted by atomic mass is 10.0. The number of pyridine rings is 1. The number of aromatic nitrogens is 1. The van der Waals surface area contributed by atoms with Crippen LogP contribution in [0.2, 0.25) is 0 Å². The van der Waals surface area contributed by atoms with Crippen molar-refractivity contribution in [3.05, 3.63) is 78.0 Å². The van der Waals surface area contributed by atoms with Crippen LogP contribution < -0.4 is 31.2 Å². The van der Waals surface area contributed by atoms with E-state index in [0.717, 1.165) is 10.8 Å². The SMILES string of the molecule is CCS(=O)(=O)c1ccc(NC=O)cc1CNC(=O)[C@@H](Nc1ccc2c(N)nccc2c1)c1ccc(OC)c(OC)c1. The molecular formula is C29H31N5O6S. The van der Waals surface area contributed by atoms with Gasteiger partial charge in [-0.1, -0.05) is 13.0 Å². The first-order valence-corrected chi connectivity index (χ1v) is 14.3. The van der Waals surface area contributed by atoms with Crippen molar-refractivity contribution in [2.24, 2.45) is 0 Å². The zero-order chi connectivity index (χ0) is 29.6. The lowest BCUT2D eigenvalue weighted by Crippen LogP contribution is -2.33. The van der Waals surface area contributed by atoms with Crippen LogP contribution in [-0.4, -0.2) is 45.7 Å². The zero-order valence-corrected chi connectivity index (χ0v) is 23.6. The number of sulfone groups is 1. The molecule has 0 fully saturated rings. The van der Waals surface area contributed by atoms with Crippen LogP contribution in [0.4, 0.5) is 17.2 Å². The number of nitrogens with two attached hydrogens (primary N) is 1. The van der Waals surface area contributed by atoms with Crippen molar-refractivity contribution in [3.8, 4) is 11.5 Å². The Morgan fingerprint density at radius 2 is 1.76 bits per heavy atom. The van der Waals surface area contributed by atoms with Gasteiger partial charge in [0.2, 0.25) is 12.3 Å². The van der Waals surface area contributed by atoms with Gasteiger partial charge in [0.15, 0.2) is 21.3 Å². The number of anilines is 3. The quantitative estimate of drug-likeness (QED) is 0.184. The topological polar surface area (TPSA) is 162 Å². The van der Waals surface area contributed by atoms with Crippen LogP contribution in [0.3, 0.4) is 0 Å². The van der Waals surface area contributed by atoms with Crippen LogP contribution in [0.15, 0.2) is 71.8 Å². The third-order valence-electron chi connectivity index (χ3n) is 6.56. The number of amides is 2. The molecule has 2 amide bonds. The van der Waals surface area contributed by atoms with Gasteiger partial charge in [-0.2, -0.15) is 0 Å². The smallest absolute Gasteiger partial charge is 0.247 e. The second kappa shape index (κ2) is 12.6. The molecular weight excluding hydrogens is 546 g/mol. The fraction of sp³-hybridized carbons (Fsp3) is 0.207. The Labute approximate surface area is 238 Å². The predicted molar refractivity (Wildman–Crippen MR) is 158 cm³/mol. The van der Waals surface area contributed by atoms with E-state index in [2.05, 4.69) is 20.9 Å². The number of benzene rings is 3. The summed E-state index contributed by atoms with van der Waals surface area (Å²) >= 11 is 0. The van der Waals surface area contributed by atoms with Crippen LogP contribution in [-0.2, 0) is 26.0 Å². The van der Waals surface area contributed by atoms with Gasteiger partial charge in [0, 0.05) is 29.5 Å². The number of carbonyl (C=O) groups is 2. The Morgan fingerprint density at radius 3 is 2.46 bits per heavy atom. The van der Waals surface area contributed by atoms with E-state index in [1.54, 1.807) is 37.4 Å². The summed E-state index contributed by atoms with van der Waals surface area (Å²) in [6.45, 7) is 1.44. The standard InChI is InChI=1S/C29H31N5O6S/c1-4-41(37,38)26-10-7-21(33-17-35)14-20(26)16-32-29(36)27(19-5-9-24(39-2)25(15-19)40-3)34-22-6-8-23-18(13-22)11-12-31-28(23)30/h5-15,17,27,34H,4,16H2,1-3H3,(H2,30,31)(H,32,36)(H,33,35)/t27-/m0/s1. The van der Waals surface area contributed by atoms with E-state index in [4.69, 9.17) is 15.2 Å². The summed E-state index contributed by atoms with van der Waals surface area (Å²) < 4.78 is 36.3. The molecule has 0 unspecified atom stereocenters. The first-order chi connectivity index (χ1) is 19.7. The molecule has 214 valence electrons. The van der Waals surface area contributed by atoms with E-state index in [9.17, 15) is 18.0 Å². The number of hydrogen-bond donors (Lipinski definition) is 4. The van der Waals surface area contributed by atoms with Gasteiger partial charge in [0.1, 0.15) is 11.9 Å². The molecule has 0 bridgehead atoms. The monoisotopic (exact) mass is 577 g/mol. The molecule has 41 heavy (non-hydrogen) atoms. The van der Waals surface area contributed by atoms with Gasteiger partial charge in [0.25, 0.3) is 0 Å². The number of hydrogen-bond acceptors (Lipinski definition) is 9. The summed E-state index contributed by atoms with van der Waals surface area (Å²) in [5.74, 6) is 0.781. The first-order valence-electron chi connectivity index (χ1n) is 12.7. The normalized spacial score (nSPS) is 11.9. The summed E-state index contributed by atoms with van der Waals surface area (Å²) in [5, 5.41) is 10.3. The number of ether oxygens (including phenoxy) is 2. The molecule has 4 rings (SSSR count). The summed E-state index contributed by atoms with van der Waals surface area (Å²) in [4.78, 5) is 28.9. The van der Waals surface area contributed by atoms with Crippen molar-refractivity contribution in [2.75, 3.05) is 36.3 Å². The van der Waals surface area contributed by atoms with Crippen molar-refractivity contribution in [1.29, 1.82) is 0 Å². The van der Waals surface area contributed by atoms with Crippen molar-refractivity contribution >= 4 is 50.1 Å². The van der Waals surface area contributed by atoms with E-state index >= 15 is 0 Å². The minimum absolute atomic E-state index is 0.0769. The van der Waals surface area contributed by atoms with Crippen molar-refractivity contribution in [1.82, 2.24) is 10.3 Å². The van der Waals surface area contributed by atoms with Crippen molar-refractivity contribution in [2.45, 2.75) is 24.4 Å². The molecule has 0 aliphatic rings. The van der Waals surface area contributed by atoms with Crippen LogP contribution in [0.25, 0.3) is 10.8 Å². The lowest BCUT2D eigenvalue weighted by molar-refractivity contribution is -0.122. The number of rotatable bonds is 12. The summed E-state index contributed by atoms with van der Waals surface area (Å²) in [6, 6.07) is 16.0. The largest absolute Gasteiger partial charge is 0.493 e. The molecule has 5 N–H and O–H groups in total. The van der Waals surface area contributed by atoms with Gasteiger partial charge in [-0.05, 0) is 71.1 Å². The van der Waals surface area contributed by atoms with E-state index in [-0.39, 0.29) is 17.2 Å². The predicted octanol–water partition coefficient (Wildman–Crippen LogP) is 3.67. The van der Waals surface area contributed by atoms with E-state index < -0.39 is 21.8 Å². The van der Waals surface area contributed by atoms with Gasteiger partial charge < -0.3 is 31.2 Å². The molecule has 4 aromatic rings. The summed E-state index contributed by atoms with van der Waals surface area (Å²) in [7, 11) is -0.578. The maximum Gasteiger partial charge on any atom is 0.247 e. The van der Waals surface area contributed by atoms with Crippen LogP contribution in [0.1, 0.15) is 24.1 Å². The third-order valence-corrected chi connectivity index (χ3v) is 8.39. The minimum Gasteiger partial charge on any atom is -0.493 e. The maximum absolute atomic E-state index is 13.7. The average Bonchev–Trinajstić information content (AvgIpc) is 2.98. The molecule has 0 saturated heterocycles. The molecule has 0 saturated carbocycles. The van der Waals surface area contributed by atoms with Crippen LogP contribution >= 0.6 is 0 Å². The number of carbonyl (C=O) groups excluding carboxylic acids is 2. The highest BCUT2D eigenvalue weighted by molar-refractivity contribution is 7.91. The number of nitrogen functional groups attached to an aromatic ring is 1. The number of nitrogens with zero attached hydrogens (tertiary/aromatic N) is 1. The van der Waals surface area contributed by atoms with Gasteiger partial charge >= 0.3 is 0 Å². The van der Waals surface area contributed by atoms with Gasteiger partial charge in [-0.25, -0.2) is 13.4 Å². The number of methoxy groups -OCH3 is 2. The lowest BCUT2D eigenvalue weighted by Gasteiger charge is -2.22. The minimum atomic E-state index is -3.60. The Hall–Kier alpha value is -4.84. The van der Waals surface area contributed by atoms with Crippen molar-refractivity contribution < 1.29 is 27.5 Å². The molecule has 3 aromatic carbocycles. The van der Waals surface area contributed by atoms with Gasteiger partial charge in [-0.3, -0.25) is 9.59 Å². The average molecular weight is 578 g/mol. The molecule has 1 heterocycles. The van der Waals surface area contributed by atoms with E-state index in [0.29, 0.717) is 46.2 Å². The fourth-order valence-corrected chi connectivity index (χ4v) is 5.53.